The number of aliphatic hydroxyl groups is 1. The molecule has 1 atom stereocenters. The summed E-state index contributed by atoms with van der Waals surface area (Å²) in [6.45, 7) is -0.147. The van der Waals surface area contributed by atoms with Gasteiger partial charge in [0, 0.05) is 11.1 Å². The Bertz CT molecular complexity index is 1250. The zero-order valence-corrected chi connectivity index (χ0v) is 19.4. The fourth-order valence-electron chi connectivity index (χ4n) is 4.49. The lowest BCUT2D eigenvalue weighted by atomic mass is 9.84. The number of aromatic amines is 1. The van der Waals surface area contributed by atoms with Gasteiger partial charge in [-0.3, -0.25) is 9.59 Å². The van der Waals surface area contributed by atoms with Crippen LogP contribution in [0.15, 0.2) is 51.0 Å². The second-order valence-electron chi connectivity index (χ2n) is 8.47. The van der Waals surface area contributed by atoms with Gasteiger partial charge < -0.3 is 15.4 Å². The monoisotopic (exact) mass is 468 g/mol. The summed E-state index contributed by atoms with van der Waals surface area (Å²) in [4.78, 5) is 47.7. The zero-order valence-electron chi connectivity index (χ0n) is 18.5. The number of hydrogen-bond acceptors (Lipinski definition) is 6. The predicted molar refractivity (Wildman–Crippen MR) is 130 cm³/mol. The first-order valence-corrected chi connectivity index (χ1v) is 12.4. The molecule has 174 valence electrons. The number of aromatic nitrogens is 3. The number of anilines is 1. The zero-order chi connectivity index (χ0) is 23.4. The molecule has 0 saturated heterocycles. The van der Waals surface area contributed by atoms with Gasteiger partial charge in [0.05, 0.1) is 17.5 Å². The van der Waals surface area contributed by atoms with E-state index >= 15 is 0 Å². The third-order valence-electron chi connectivity index (χ3n) is 6.29. The summed E-state index contributed by atoms with van der Waals surface area (Å²) in [6, 6.07) is 7.61. The van der Waals surface area contributed by atoms with Gasteiger partial charge in [0.2, 0.25) is 5.91 Å². The molecule has 1 amide bonds. The van der Waals surface area contributed by atoms with Crippen LogP contribution in [0, 0.1) is 5.92 Å². The number of benzene rings is 1. The van der Waals surface area contributed by atoms with Gasteiger partial charge in [-0.1, -0.05) is 38.2 Å². The first kappa shape index (κ1) is 23.3. The maximum atomic E-state index is 13.4. The molecule has 0 radical (unpaired) electrons. The normalized spacial score (nSPS) is 15.5. The Morgan fingerprint density at radius 1 is 1.24 bits per heavy atom. The van der Waals surface area contributed by atoms with Crippen molar-refractivity contribution in [3.8, 4) is 0 Å². The lowest BCUT2D eigenvalue weighted by molar-refractivity contribution is -0.120. The van der Waals surface area contributed by atoms with Crippen molar-refractivity contribution in [2.75, 3.05) is 11.6 Å². The molecule has 1 aliphatic rings. The molecule has 33 heavy (non-hydrogen) atoms. The Kier molecular flexibility index (Phi) is 7.29. The van der Waals surface area contributed by atoms with Gasteiger partial charge in [-0.25, -0.2) is 14.3 Å². The molecule has 1 fully saturated rings. The summed E-state index contributed by atoms with van der Waals surface area (Å²) < 4.78 is 1.06. The van der Waals surface area contributed by atoms with Gasteiger partial charge in [-0.2, -0.15) is 0 Å². The van der Waals surface area contributed by atoms with Crippen LogP contribution in [0.2, 0.25) is 0 Å². The number of nitrogens with zero attached hydrogens (tertiary/aromatic N) is 2. The molecule has 0 aliphatic heterocycles. The summed E-state index contributed by atoms with van der Waals surface area (Å²) in [7, 11) is 0. The third-order valence-corrected chi connectivity index (χ3v) is 7.02. The Balaban J connectivity index is 1.73. The summed E-state index contributed by atoms with van der Waals surface area (Å²) >= 11 is 1.52. The van der Waals surface area contributed by atoms with Gasteiger partial charge in [0.25, 0.3) is 5.56 Å². The molecule has 1 aromatic carbocycles. The maximum absolute atomic E-state index is 13.4. The predicted octanol–water partition coefficient (Wildman–Crippen LogP) is 3.45. The van der Waals surface area contributed by atoms with Crippen molar-refractivity contribution in [3.63, 3.8) is 0 Å². The minimum absolute atomic E-state index is 0.147. The Morgan fingerprint density at radius 2 is 2.03 bits per heavy atom. The average molecular weight is 469 g/mol. The number of H-pyrrole nitrogens is 1. The number of amides is 1. The van der Waals surface area contributed by atoms with Crippen molar-refractivity contribution >= 4 is 34.4 Å². The van der Waals surface area contributed by atoms with Crippen molar-refractivity contribution in [1.29, 1.82) is 0 Å². The van der Waals surface area contributed by atoms with Crippen LogP contribution in [0.25, 0.3) is 10.9 Å². The average Bonchev–Trinajstić information content (AvgIpc) is 2.84. The van der Waals surface area contributed by atoms with E-state index in [2.05, 4.69) is 15.3 Å². The number of aliphatic hydroxyl groups excluding tert-OH is 1. The Labute approximate surface area is 195 Å². The topological polar surface area (TPSA) is 117 Å². The molecule has 1 saturated carbocycles. The SMILES string of the molecule is CSc1ccc2c(=O)n(C(CC3CCCCC3)C(=O)Nc3ccc(CO)cn3)c(=O)[nH]c2c1. The highest BCUT2D eigenvalue weighted by atomic mass is 32.2. The van der Waals surface area contributed by atoms with E-state index in [-0.39, 0.29) is 12.5 Å². The van der Waals surface area contributed by atoms with Crippen molar-refractivity contribution in [2.45, 2.75) is 56.1 Å². The van der Waals surface area contributed by atoms with Gasteiger partial charge in [-0.15, -0.1) is 11.8 Å². The minimum atomic E-state index is -0.951. The highest BCUT2D eigenvalue weighted by Crippen LogP contribution is 2.31. The number of pyridine rings is 1. The van der Waals surface area contributed by atoms with Crippen LogP contribution in [0.1, 0.15) is 50.1 Å². The second kappa shape index (κ2) is 10.4. The third kappa shape index (κ3) is 5.20. The van der Waals surface area contributed by atoms with E-state index in [4.69, 9.17) is 0 Å². The van der Waals surface area contributed by atoms with Gasteiger partial charge in [0.15, 0.2) is 0 Å². The quantitative estimate of drug-likeness (QED) is 0.457. The van der Waals surface area contributed by atoms with Gasteiger partial charge in [0.1, 0.15) is 11.9 Å². The van der Waals surface area contributed by atoms with Gasteiger partial charge >= 0.3 is 5.69 Å². The Morgan fingerprint density at radius 3 is 2.70 bits per heavy atom. The number of hydrogen-bond donors (Lipinski definition) is 3. The second-order valence-corrected chi connectivity index (χ2v) is 9.35. The molecule has 3 aromatic rings. The van der Waals surface area contributed by atoms with Crippen molar-refractivity contribution in [3.05, 3.63) is 62.9 Å². The van der Waals surface area contributed by atoms with E-state index in [0.717, 1.165) is 35.1 Å². The molecular formula is C24H28N4O4S. The number of carbonyl (C=O) groups excluding carboxylic acids is 1. The highest BCUT2D eigenvalue weighted by molar-refractivity contribution is 7.98. The molecule has 9 heteroatoms. The van der Waals surface area contributed by atoms with E-state index in [1.54, 1.807) is 24.3 Å². The fraction of sp³-hybridized carbons (Fsp3) is 0.417. The van der Waals surface area contributed by atoms with Crippen molar-refractivity contribution < 1.29 is 9.90 Å². The summed E-state index contributed by atoms with van der Waals surface area (Å²) in [5.41, 5.74) is 0.0241. The standard InChI is InChI=1S/C24H28N4O4S/c1-33-17-8-9-18-19(12-17)26-24(32)28(23(18)31)20(11-15-5-3-2-4-6-15)22(30)27-21-10-7-16(14-29)13-25-21/h7-10,12-13,15,20,29H,2-6,11,14H2,1H3,(H,26,32)(H,25,27,30). The van der Waals surface area contributed by atoms with Crippen LogP contribution in [0.5, 0.6) is 0 Å². The first-order chi connectivity index (χ1) is 16.0. The smallest absolute Gasteiger partial charge is 0.329 e. The van der Waals surface area contributed by atoms with E-state index in [0.29, 0.717) is 28.7 Å². The number of nitrogens with one attached hydrogen (secondary N) is 2. The van der Waals surface area contributed by atoms with E-state index in [1.165, 1.54) is 24.4 Å². The van der Waals surface area contributed by atoms with E-state index in [9.17, 15) is 19.5 Å². The number of carbonyl (C=O) groups is 1. The summed E-state index contributed by atoms with van der Waals surface area (Å²) in [5, 5.41) is 12.3. The molecule has 2 aromatic heterocycles. The van der Waals surface area contributed by atoms with Gasteiger partial charge in [-0.05, 0) is 48.4 Å². The molecular weight excluding hydrogens is 440 g/mol. The first-order valence-electron chi connectivity index (χ1n) is 11.2. The van der Waals surface area contributed by atoms with Crippen LogP contribution in [0.4, 0.5) is 5.82 Å². The van der Waals surface area contributed by atoms with Crippen LogP contribution in [-0.2, 0) is 11.4 Å². The van der Waals surface area contributed by atoms with E-state index < -0.39 is 23.2 Å². The van der Waals surface area contributed by atoms with Crippen LogP contribution < -0.4 is 16.6 Å². The molecule has 2 heterocycles. The summed E-state index contributed by atoms with van der Waals surface area (Å²) in [5.74, 6) is 0.123. The molecule has 0 spiro atoms. The minimum Gasteiger partial charge on any atom is -0.392 e. The van der Waals surface area contributed by atoms with Crippen LogP contribution in [-0.4, -0.2) is 31.8 Å². The number of rotatable bonds is 7. The molecule has 4 rings (SSSR count). The van der Waals surface area contributed by atoms with E-state index in [1.807, 2.05) is 12.3 Å². The molecule has 1 aliphatic carbocycles. The largest absolute Gasteiger partial charge is 0.392 e. The Hall–Kier alpha value is -2.91. The highest BCUT2D eigenvalue weighted by Gasteiger charge is 2.29. The molecule has 3 N–H and O–H groups in total. The maximum Gasteiger partial charge on any atom is 0.329 e. The van der Waals surface area contributed by atoms with Crippen LogP contribution >= 0.6 is 11.8 Å². The summed E-state index contributed by atoms with van der Waals surface area (Å²) in [6.07, 6.45) is 9.11. The molecule has 8 nitrogen and oxygen atoms in total. The molecule has 1 unspecified atom stereocenters. The lowest BCUT2D eigenvalue weighted by Crippen LogP contribution is -2.43. The molecule has 0 bridgehead atoms. The van der Waals surface area contributed by atoms with Crippen LogP contribution in [0.3, 0.4) is 0 Å². The number of thioether (sulfide) groups is 1. The van der Waals surface area contributed by atoms with Crippen molar-refractivity contribution in [2.24, 2.45) is 5.92 Å². The number of fused-ring (bicyclic) bond motifs is 1. The lowest BCUT2D eigenvalue weighted by Gasteiger charge is -2.26. The fourth-order valence-corrected chi connectivity index (χ4v) is 4.93. The van der Waals surface area contributed by atoms with Crippen molar-refractivity contribution in [1.82, 2.24) is 14.5 Å².